The summed E-state index contributed by atoms with van der Waals surface area (Å²) in [6.07, 6.45) is 7.50. The molecule has 0 radical (unpaired) electrons. The van der Waals surface area contributed by atoms with Gasteiger partial charge in [0.1, 0.15) is 0 Å². The second kappa shape index (κ2) is 18.4. The van der Waals surface area contributed by atoms with Crippen LogP contribution in [0.3, 0.4) is 0 Å². The maximum atomic E-state index is 2.60. The molecule has 2 aromatic heterocycles. The lowest BCUT2D eigenvalue weighted by Crippen LogP contribution is -2.28. The van der Waals surface area contributed by atoms with Gasteiger partial charge < -0.3 is 14.4 Å². The zero-order valence-electron chi connectivity index (χ0n) is 47.4. The van der Waals surface area contributed by atoms with Crippen molar-refractivity contribution in [3.05, 3.63) is 301 Å². The summed E-state index contributed by atoms with van der Waals surface area (Å²) < 4.78 is 5.13. The van der Waals surface area contributed by atoms with E-state index in [0.29, 0.717) is 0 Å². The molecule has 2 unspecified atom stereocenters. The van der Waals surface area contributed by atoms with Crippen molar-refractivity contribution in [2.45, 2.75) is 44.4 Å². The van der Waals surface area contributed by atoms with Crippen LogP contribution in [0.5, 0.6) is 0 Å². The van der Waals surface area contributed by atoms with E-state index in [1.807, 2.05) is 11.3 Å². The Morgan fingerprint density at radius 3 is 1.85 bits per heavy atom. The van der Waals surface area contributed by atoms with Gasteiger partial charge in [0, 0.05) is 81.5 Å². The second-order valence-electron chi connectivity index (χ2n) is 24.5. The summed E-state index contributed by atoms with van der Waals surface area (Å²) in [4.78, 5) is 5.12. The Kier molecular flexibility index (Phi) is 10.7. The van der Waals surface area contributed by atoms with E-state index >= 15 is 0 Å². The largest absolute Gasteiger partial charge is 0.310 e. The van der Waals surface area contributed by atoms with E-state index in [4.69, 9.17) is 0 Å². The van der Waals surface area contributed by atoms with Crippen molar-refractivity contribution in [1.82, 2.24) is 4.57 Å². The van der Waals surface area contributed by atoms with E-state index in [9.17, 15) is 0 Å². The number of nitrogens with zero attached hydrogens (tertiary/aromatic N) is 3. The monoisotopic (exact) mass is 1090 g/mol. The zero-order valence-corrected chi connectivity index (χ0v) is 48.2. The van der Waals surface area contributed by atoms with Crippen LogP contribution >= 0.6 is 11.3 Å². The predicted molar refractivity (Wildman–Crippen MR) is 358 cm³/mol. The predicted octanol–water partition coefficient (Wildman–Crippen LogP) is 22.2. The lowest BCUT2D eigenvalue weighted by atomic mass is 9.74. The Labute approximate surface area is 493 Å². The number of benzene rings is 12. The number of hydrogen-bond acceptors (Lipinski definition) is 3. The molecule has 0 aliphatic heterocycles. The quantitative estimate of drug-likeness (QED) is 0.150. The normalized spacial score (nSPS) is 16.3. The molecular formula is C80H59N3S. The minimum absolute atomic E-state index is 0.0884. The number of para-hydroxylation sites is 1. The van der Waals surface area contributed by atoms with Gasteiger partial charge in [-0.25, -0.2) is 0 Å². The third-order valence-electron chi connectivity index (χ3n) is 19.2. The standard InChI is InChI=1S/C80H59N3S/c1-79(2)68-31-15-12-28-61(68)63-40-37-55(48-70(63)79)81(72-33-18-22-50-20-8-10-26-59(50)72)57-44-53(52-36-39-67-75(46-52)83(54-24-6-5-7-25-54)74-43-42-66-65-30-14-17-35-76(65)84-78(66)77(67)74)45-58(47-57)82(73-34-19-23-51-21-9-11-27-60(51)73)56-38-41-64-62-29-13-16-32-69(62)80(3,4)71(64)49-56/h5-49,63,70H,1-4H3. The fraction of sp³-hybridized carbons (Fsp3) is 0.100. The molecular weight excluding hydrogens is 1030 g/mol. The molecule has 4 heteroatoms. The molecule has 2 heterocycles. The van der Waals surface area contributed by atoms with Crippen molar-refractivity contribution in [3.63, 3.8) is 0 Å². The van der Waals surface area contributed by atoms with E-state index in [-0.39, 0.29) is 22.7 Å². The first-order valence-corrected chi connectivity index (χ1v) is 30.4. The first-order valence-electron chi connectivity index (χ1n) is 29.6. The van der Waals surface area contributed by atoms with Crippen LogP contribution in [0.4, 0.5) is 28.4 Å². The topological polar surface area (TPSA) is 11.4 Å². The van der Waals surface area contributed by atoms with Crippen LogP contribution in [0, 0.1) is 5.92 Å². The molecule has 84 heavy (non-hydrogen) atoms. The summed E-state index contributed by atoms with van der Waals surface area (Å²) >= 11 is 1.90. The molecule has 0 saturated heterocycles. The van der Waals surface area contributed by atoms with E-state index in [1.165, 1.54) is 96.9 Å². The van der Waals surface area contributed by atoms with E-state index < -0.39 is 0 Å². The Bertz CT molecular complexity index is 5120. The molecule has 0 bridgehead atoms. The summed E-state index contributed by atoms with van der Waals surface area (Å²) in [5.74, 6) is 0.529. The number of anilines is 5. The van der Waals surface area contributed by atoms with Gasteiger partial charge >= 0.3 is 0 Å². The van der Waals surface area contributed by atoms with Crippen molar-refractivity contribution in [3.8, 4) is 27.9 Å². The Morgan fingerprint density at radius 2 is 1.06 bits per heavy atom. The molecule has 0 saturated carbocycles. The molecule has 3 aliphatic carbocycles. The van der Waals surface area contributed by atoms with Gasteiger partial charge in [-0.15, -0.1) is 11.3 Å². The number of thiophene rings is 1. The highest BCUT2D eigenvalue weighted by atomic mass is 32.1. The summed E-state index contributed by atoms with van der Waals surface area (Å²) in [5, 5.41) is 9.94. The summed E-state index contributed by atoms with van der Waals surface area (Å²) in [7, 11) is 0. The smallest absolute Gasteiger partial charge is 0.0555 e. The SMILES string of the molecule is CC1(C)c2ccccc2-c2ccc(N(c3cc(-c4ccc5c6c7sc8ccccc8c7ccc6n(-c6ccccc6)c5c4)cc(N(C4=CC5C(C=C4)c4ccccc4C5(C)C)c4cccc5ccccc45)c3)c3cccc4ccccc34)cc21. The van der Waals surface area contributed by atoms with Gasteiger partial charge in [-0.1, -0.05) is 222 Å². The second-order valence-corrected chi connectivity index (χ2v) is 25.5. The summed E-state index contributed by atoms with van der Waals surface area (Å²) in [6, 6.07) is 95.8. The van der Waals surface area contributed by atoms with Crippen LogP contribution in [-0.2, 0) is 10.8 Å². The molecule has 0 amide bonds. The molecule has 0 fully saturated rings. The highest BCUT2D eigenvalue weighted by molar-refractivity contribution is 7.26. The fourth-order valence-corrected chi connectivity index (χ4v) is 16.4. The van der Waals surface area contributed by atoms with Crippen LogP contribution in [0.1, 0.15) is 55.9 Å². The van der Waals surface area contributed by atoms with Crippen molar-refractivity contribution in [2.75, 3.05) is 9.80 Å². The van der Waals surface area contributed by atoms with Crippen molar-refractivity contribution in [2.24, 2.45) is 5.92 Å². The molecule has 3 nitrogen and oxygen atoms in total. The van der Waals surface area contributed by atoms with Crippen LogP contribution < -0.4 is 9.80 Å². The third-order valence-corrected chi connectivity index (χ3v) is 20.4. The van der Waals surface area contributed by atoms with E-state index in [0.717, 1.165) is 50.9 Å². The molecule has 400 valence electrons. The van der Waals surface area contributed by atoms with E-state index in [2.05, 4.69) is 315 Å². The van der Waals surface area contributed by atoms with Crippen LogP contribution in [-0.4, -0.2) is 4.57 Å². The van der Waals surface area contributed by atoms with Gasteiger partial charge in [0.25, 0.3) is 0 Å². The lowest BCUT2D eigenvalue weighted by molar-refractivity contribution is 0.392. The fourth-order valence-electron chi connectivity index (χ4n) is 15.2. The average molecular weight is 1090 g/mol. The van der Waals surface area contributed by atoms with E-state index in [1.54, 1.807) is 0 Å². The third kappa shape index (κ3) is 7.23. The first-order chi connectivity index (χ1) is 41.2. The lowest BCUT2D eigenvalue weighted by Gasteiger charge is -2.36. The number of fused-ring (bicyclic) bond motifs is 15. The molecule has 3 aliphatic rings. The first kappa shape index (κ1) is 48.9. The van der Waals surface area contributed by atoms with Crippen molar-refractivity contribution in [1.29, 1.82) is 0 Å². The summed E-state index contributed by atoms with van der Waals surface area (Å²) in [5.41, 5.74) is 20.4. The molecule has 17 rings (SSSR count). The Balaban J connectivity index is 0.961. The van der Waals surface area contributed by atoms with Crippen LogP contribution in [0.2, 0.25) is 0 Å². The summed E-state index contributed by atoms with van der Waals surface area (Å²) in [6.45, 7) is 9.67. The highest BCUT2D eigenvalue weighted by Crippen LogP contribution is 2.56. The van der Waals surface area contributed by atoms with Gasteiger partial charge in [-0.2, -0.15) is 0 Å². The maximum absolute atomic E-state index is 2.60. The Hall–Kier alpha value is -9.74. The van der Waals surface area contributed by atoms with Gasteiger partial charge in [0.15, 0.2) is 0 Å². The molecule has 0 N–H and O–H groups in total. The zero-order chi connectivity index (χ0) is 56.0. The minimum atomic E-state index is -0.204. The van der Waals surface area contributed by atoms with Gasteiger partial charge in [0.2, 0.25) is 0 Å². The van der Waals surface area contributed by atoms with Gasteiger partial charge in [0.05, 0.1) is 22.4 Å². The molecule has 0 spiro atoms. The van der Waals surface area contributed by atoms with Gasteiger partial charge in [-0.3, -0.25) is 0 Å². The molecule has 12 aromatic carbocycles. The maximum Gasteiger partial charge on any atom is 0.0555 e. The van der Waals surface area contributed by atoms with Gasteiger partial charge in [-0.05, 0) is 145 Å². The van der Waals surface area contributed by atoms with Crippen molar-refractivity contribution < 1.29 is 0 Å². The number of allylic oxidation sites excluding steroid dienone is 3. The minimum Gasteiger partial charge on any atom is -0.310 e. The number of hydrogen-bond donors (Lipinski definition) is 0. The van der Waals surface area contributed by atoms with Crippen molar-refractivity contribution >= 4 is 103 Å². The highest BCUT2D eigenvalue weighted by Gasteiger charge is 2.45. The average Bonchev–Trinajstić information content (AvgIpc) is 1.90. The number of aromatic nitrogens is 1. The Morgan fingerprint density at radius 1 is 0.429 bits per heavy atom. The van der Waals surface area contributed by atoms with Crippen LogP contribution in [0.15, 0.2) is 279 Å². The molecule has 14 aromatic rings. The number of rotatable bonds is 8. The van der Waals surface area contributed by atoms with Crippen LogP contribution in [0.25, 0.3) is 91.5 Å². The molecule has 2 atom stereocenters.